The van der Waals surface area contributed by atoms with Crippen LogP contribution in [0.4, 0.5) is 0 Å². The van der Waals surface area contributed by atoms with Gasteiger partial charge in [0, 0.05) is 16.7 Å². The van der Waals surface area contributed by atoms with Crippen LogP contribution in [0, 0.1) is 17.8 Å². The molecule has 2 aromatic rings. The van der Waals surface area contributed by atoms with Crippen molar-refractivity contribution in [2.24, 2.45) is 10.8 Å². The number of rotatable bonds is 7. The molecule has 0 heterocycles. The van der Waals surface area contributed by atoms with Crippen molar-refractivity contribution in [2.75, 3.05) is 6.61 Å². The van der Waals surface area contributed by atoms with Gasteiger partial charge in [0.1, 0.15) is 20.4 Å². The van der Waals surface area contributed by atoms with Crippen LogP contribution in [-0.2, 0) is 17.3 Å². The van der Waals surface area contributed by atoms with E-state index >= 15 is 0 Å². The largest absolute Gasteiger partial charge is 0.489 e. The van der Waals surface area contributed by atoms with Crippen LogP contribution in [0.1, 0.15) is 122 Å². The molecule has 0 spiro atoms. The summed E-state index contributed by atoms with van der Waals surface area (Å²) in [7, 11) is -2.32. The summed E-state index contributed by atoms with van der Waals surface area (Å²) in [4.78, 5) is 0. The summed E-state index contributed by atoms with van der Waals surface area (Å²) < 4.78 is 6.61. The molecule has 0 saturated heterocycles. The van der Waals surface area contributed by atoms with E-state index < -0.39 is 8.07 Å². The lowest BCUT2D eigenvalue weighted by Gasteiger charge is -2.43. The van der Waals surface area contributed by atoms with E-state index in [9.17, 15) is 0 Å². The molecular formula is C43H58OSi. The van der Waals surface area contributed by atoms with Gasteiger partial charge < -0.3 is 4.74 Å². The van der Waals surface area contributed by atoms with Crippen LogP contribution < -0.4 is 20.4 Å². The summed E-state index contributed by atoms with van der Waals surface area (Å²) in [5, 5.41) is 6.46. The molecule has 0 amide bonds. The van der Waals surface area contributed by atoms with Crippen molar-refractivity contribution in [2.45, 2.75) is 131 Å². The lowest BCUT2D eigenvalue weighted by Crippen LogP contribution is -2.53. The zero-order valence-electron chi connectivity index (χ0n) is 30.3. The molecule has 1 unspecified atom stereocenters. The van der Waals surface area contributed by atoms with Crippen LogP contribution in [0.2, 0.25) is 12.1 Å². The van der Waals surface area contributed by atoms with Gasteiger partial charge in [0.05, 0.1) is 0 Å². The molecule has 0 fully saturated rings. The smallest absolute Gasteiger partial charge is 0.123 e. The zero-order chi connectivity index (χ0) is 32.7. The molecule has 4 aliphatic rings. The summed E-state index contributed by atoms with van der Waals surface area (Å²) in [6, 6.07) is 9.30. The molecule has 0 N–H and O–H groups in total. The maximum Gasteiger partial charge on any atom is 0.123 e. The highest BCUT2D eigenvalue weighted by molar-refractivity contribution is 7.06. The van der Waals surface area contributed by atoms with Crippen LogP contribution in [0.15, 0.2) is 54.7 Å². The number of aryl methyl sites for hydroxylation is 1. The number of para-hydroxylation sites is 1. The second-order valence-electron chi connectivity index (χ2n) is 17.2. The van der Waals surface area contributed by atoms with E-state index in [4.69, 9.17) is 4.74 Å². The quantitative estimate of drug-likeness (QED) is 0.222. The Labute approximate surface area is 275 Å². The topological polar surface area (TPSA) is 9.23 Å². The van der Waals surface area contributed by atoms with Gasteiger partial charge in [-0.15, -0.1) is 0 Å². The van der Waals surface area contributed by atoms with Gasteiger partial charge in [0.15, 0.2) is 0 Å². The van der Waals surface area contributed by atoms with Crippen LogP contribution in [0.25, 0.3) is 11.3 Å². The Kier molecular flexibility index (Phi) is 7.71. The summed E-state index contributed by atoms with van der Waals surface area (Å²) >= 11 is 0. The van der Waals surface area contributed by atoms with Crippen molar-refractivity contribution in [1.82, 2.24) is 0 Å². The molecule has 2 heteroatoms. The van der Waals surface area contributed by atoms with Crippen molar-refractivity contribution in [1.29, 1.82) is 0 Å². The number of hydrogen-bond acceptors (Lipinski definition) is 1. The molecule has 0 radical (unpaired) electrons. The Morgan fingerprint density at radius 3 is 2.18 bits per heavy atom. The Bertz CT molecular complexity index is 1750. The molecule has 4 aliphatic carbocycles. The molecule has 1 nitrogen and oxygen atoms in total. The first-order chi connectivity index (χ1) is 21.0. The van der Waals surface area contributed by atoms with E-state index in [1.165, 1.54) is 42.1 Å². The standard InChI is InChI=1S/C43H58OSi/c1-13-25-44-38-28(4)17-16-18-33(38)45(14-2,15-3)39-32-27-41(7,8)21-19-29(32)34-35(39)31-26-40(5,6)22-20-30(31)36-37(34)43(11,12)24-23-42(36,9)10/h13,16-18,23-24,26-27,29H,1,14-15,19-22,25H2,2-12H3. The van der Waals surface area contributed by atoms with Crippen LogP contribution in [-0.4, -0.2) is 14.7 Å². The SMILES string of the molecule is C=CCOc1c(C)cccc1[Si](CC)(CC)C1=c2c(c3c(c4c2=CC(C)(C)CC4)C(C)(C)C=CC3(C)C)C2CCC(C)(C)C=C12. The molecule has 0 bridgehead atoms. The fourth-order valence-electron chi connectivity index (χ4n) is 9.71. The molecule has 240 valence electrons. The molecule has 45 heavy (non-hydrogen) atoms. The molecule has 0 saturated carbocycles. The van der Waals surface area contributed by atoms with E-state index in [1.807, 2.05) is 6.08 Å². The zero-order valence-corrected chi connectivity index (χ0v) is 31.3. The van der Waals surface area contributed by atoms with Crippen molar-refractivity contribution < 1.29 is 4.74 Å². The van der Waals surface area contributed by atoms with Gasteiger partial charge in [-0.1, -0.05) is 136 Å². The Morgan fingerprint density at radius 1 is 0.889 bits per heavy atom. The average molecular weight is 619 g/mol. The van der Waals surface area contributed by atoms with Gasteiger partial charge in [0.2, 0.25) is 0 Å². The molecule has 6 rings (SSSR count). The minimum absolute atomic E-state index is 0.00529. The fraction of sp³-hybridized carbons (Fsp3) is 0.535. The first-order valence-corrected chi connectivity index (χ1v) is 20.2. The Hall–Kier alpha value is -2.58. The second kappa shape index (κ2) is 10.7. The minimum atomic E-state index is -2.32. The van der Waals surface area contributed by atoms with Crippen LogP contribution >= 0.6 is 0 Å². The summed E-state index contributed by atoms with van der Waals surface area (Å²) in [5.41, 5.74) is 9.93. The van der Waals surface area contributed by atoms with Gasteiger partial charge >= 0.3 is 0 Å². The van der Waals surface area contributed by atoms with Gasteiger partial charge in [-0.3, -0.25) is 0 Å². The van der Waals surface area contributed by atoms with E-state index in [-0.39, 0.29) is 21.7 Å². The third-order valence-corrected chi connectivity index (χ3v) is 17.4. The molecule has 2 aromatic carbocycles. The molecule has 0 aliphatic heterocycles. The van der Waals surface area contributed by atoms with Crippen molar-refractivity contribution in [3.05, 3.63) is 92.9 Å². The second-order valence-corrected chi connectivity index (χ2v) is 21.9. The Balaban J connectivity index is 1.90. The number of fused-ring (bicyclic) bond motifs is 8. The minimum Gasteiger partial charge on any atom is -0.489 e. The van der Waals surface area contributed by atoms with Crippen LogP contribution in [0.3, 0.4) is 0 Å². The van der Waals surface area contributed by atoms with E-state index in [1.54, 1.807) is 43.5 Å². The summed E-state index contributed by atoms with van der Waals surface area (Å²) in [6.07, 6.45) is 17.3. The highest BCUT2D eigenvalue weighted by atomic mass is 28.3. The predicted octanol–water partition coefficient (Wildman–Crippen LogP) is 9.37. The van der Waals surface area contributed by atoms with Crippen molar-refractivity contribution in [3.8, 4) is 5.75 Å². The first kappa shape index (κ1) is 32.4. The monoisotopic (exact) mass is 618 g/mol. The highest BCUT2D eigenvalue weighted by Gasteiger charge is 2.50. The normalized spacial score (nSPS) is 23.2. The van der Waals surface area contributed by atoms with Gasteiger partial charge in [-0.05, 0) is 97.6 Å². The van der Waals surface area contributed by atoms with E-state index in [0.717, 1.165) is 12.2 Å². The number of benzene rings is 2. The van der Waals surface area contributed by atoms with Gasteiger partial charge in [-0.2, -0.15) is 0 Å². The highest BCUT2D eigenvalue weighted by Crippen LogP contribution is 2.55. The predicted molar refractivity (Wildman–Crippen MR) is 198 cm³/mol. The lowest BCUT2D eigenvalue weighted by atomic mass is 9.61. The molecule has 0 aromatic heterocycles. The van der Waals surface area contributed by atoms with Crippen molar-refractivity contribution in [3.63, 3.8) is 0 Å². The third kappa shape index (κ3) is 4.92. The van der Waals surface area contributed by atoms with E-state index in [0.29, 0.717) is 12.5 Å². The van der Waals surface area contributed by atoms with Crippen LogP contribution in [0.5, 0.6) is 5.75 Å². The first-order valence-electron chi connectivity index (χ1n) is 17.8. The summed E-state index contributed by atoms with van der Waals surface area (Å²) in [5.74, 6) is 1.58. The van der Waals surface area contributed by atoms with Crippen molar-refractivity contribution >= 4 is 24.5 Å². The van der Waals surface area contributed by atoms with E-state index in [2.05, 4.69) is 125 Å². The number of hydrogen-bond donors (Lipinski definition) is 0. The summed E-state index contributed by atoms with van der Waals surface area (Å²) in [6.45, 7) is 31.5. The number of allylic oxidation sites excluding steroid dienone is 4. The van der Waals surface area contributed by atoms with Gasteiger partial charge in [-0.25, -0.2) is 0 Å². The Morgan fingerprint density at radius 2 is 1.53 bits per heavy atom. The maximum atomic E-state index is 6.61. The fourth-order valence-corrected chi connectivity index (χ4v) is 14.6. The lowest BCUT2D eigenvalue weighted by molar-refractivity contribution is 0.363. The number of ether oxygens (including phenoxy) is 1. The third-order valence-electron chi connectivity index (χ3n) is 12.1. The van der Waals surface area contributed by atoms with Gasteiger partial charge in [0.25, 0.3) is 0 Å². The molecule has 1 atom stereocenters. The molecular weight excluding hydrogens is 561 g/mol. The average Bonchev–Trinajstić information content (AvgIpc) is 3.29. The maximum absolute atomic E-state index is 6.61.